The second kappa shape index (κ2) is 9.25. The van der Waals surface area contributed by atoms with Crippen LogP contribution in [0.3, 0.4) is 0 Å². The molecule has 2 N–H and O–H groups in total. The maximum absolute atomic E-state index is 12.8. The van der Waals surface area contributed by atoms with Gasteiger partial charge in [0.25, 0.3) is 0 Å². The molecular weight excluding hydrogens is 306 g/mol. The number of piperazine rings is 1. The first-order chi connectivity index (χ1) is 11.2. The standard InChI is InChI=1S/C18H35N3O3/c1-6-8-9-14(7-2)16(22)21-11-10-20(13-15(21)12-19)17(23)24-18(3,4)5/h14-15H,6-13,19H2,1-5H3. The number of hydrogen-bond acceptors (Lipinski definition) is 4. The average Bonchev–Trinajstić information content (AvgIpc) is 2.53. The van der Waals surface area contributed by atoms with Crippen molar-refractivity contribution in [1.82, 2.24) is 9.80 Å². The van der Waals surface area contributed by atoms with Crippen LogP contribution in [-0.4, -0.2) is 59.6 Å². The van der Waals surface area contributed by atoms with Crippen molar-refractivity contribution in [3.63, 3.8) is 0 Å². The van der Waals surface area contributed by atoms with Gasteiger partial charge in [-0.25, -0.2) is 4.79 Å². The molecule has 1 aliphatic rings. The molecule has 1 aliphatic heterocycles. The largest absolute Gasteiger partial charge is 0.444 e. The highest BCUT2D eigenvalue weighted by Gasteiger charge is 2.35. The predicted octanol–water partition coefficient (Wildman–Crippen LogP) is 2.61. The Kier molecular flexibility index (Phi) is 8.00. The summed E-state index contributed by atoms with van der Waals surface area (Å²) in [4.78, 5) is 28.6. The van der Waals surface area contributed by atoms with Crippen LogP contribution < -0.4 is 5.73 Å². The molecule has 1 fully saturated rings. The molecule has 1 saturated heterocycles. The Morgan fingerprint density at radius 1 is 1.25 bits per heavy atom. The lowest BCUT2D eigenvalue weighted by atomic mass is 9.96. The molecule has 2 unspecified atom stereocenters. The topological polar surface area (TPSA) is 75.9 Å². The fraction of sp³-hybridized carbons (Fsp3) is 0.889. The SMILES string of the molecule is CCCCC(CC)C(=O)N1CCN(C(=O)OC(C)(C)C)CC1CN. The van der Waals surface area contributed by atoms with Gasteiger partial charge in [0.05, 0.1) is 6.04 Å². The lowest BCUT2D eigenvalue weighted by molar-refractivity contribution is -0.140. The molecule has 2 amide bonds. The molecule has 6 nitrogen and oxygen atoms in total. The van der Waals surface area contributed by atoms with E-state index in [1.165, 1.54) is 0 Å². The first kappa shape index (κ1) is 20.7. The minimum Gasteiger partial charge on any atom is -0.444 e. The molecule has 0 aliphatic carbocycles. The Morgan fingerprint density at radius 3 is 2.42 bits per heavy atom. The molecule has 0 aromatic rings. The van der Waals surface area contributed by atoms with Gasteiger partial charge in [0.1, 0.15) is 5.60 Å². The van der Waals surface area contributed by atoms with Gasteiger partial charge in [-0.05, 0) is 33.6 Å². The maximum atomic E-state index is 12.8. The fourth-order valence-electron chi connectivity index (χ4n) is 3.03. The van der Waals surface area contributed by atoms with Crippen LogP contribution in [0.25, 0.3) is 0 Å². The quantitative estimate of drug-likeness (QED) is 0.806. The van der Waals surface area contributed by atoms with Crippen molar-refractivity contribution in [3.8, 4) is 0 Å². The third-order valence-corrected chi connectivity index (χ3v) is 4.44. The van der Waals surface area contributed by atoms with Gasteiger partial charge in [0.2, 0.25) is 5.91 Å². The zero-order valence-electron chi connectivity index (χ0n) is 16.0. The third kappa shape index (κ3) is 5.96. The van der Waals surface area contributed by atoms with E-state index in [0.717, 1.165) is 25.7 Å². The first-order valence-corrected chi connectivity index (χ1v) is 9.21. The van der Waals surface area contributed by atoms with Crippen molar-refractivity contribution < 1.29 is 14.3 Å². The predicted molar refractivity (Wildman–Crippen MR) is 95.7 cm³/mol. The normalized spacial score (nSPS) is 20.0. The van der Waals surface area contributed by atoms with Crippen LogP contribution in [0.2, 0.25) is 0 Å². The van der Waals surface area contributed by atoms with Gasteiger partial charge >= 0.3 is 6.09 Å². The van der Waals surface area contributed by atoms with Crippen LogP contribution in [0.5, 0.6) is 0 Å². The molecule has 2 atom stereocenters. The summed E-state index contributed by atoms with van der Waals surface area (Å²) in [6.07, 6.45) is 3.61. The Labute approximate surface area is 146 Å². The molecule has 0 spiro atoms. The van der Waals surface area contributed by atoms with Crippen LogP contribution in [-0.2, 0) is 9.53 Å². The van der Waals surface area contributed by atoms with Gasteiger partial charge in [0.15, 0.2) is 0 Å². The molecule has 0 bridgehead atoms. The average molecular weight is 341 g/mol. The van der Waals surface area contributed by atoms with Crippen LogP contribution >= 0.6 is 0 Å². The van der Waals surface area contributed by atoms with E-state index < -0.39 is 5.60 Å². The number of carbonyl (C=O) groups is 2. The summed E-state index contributed by atoms with van der Waals surface area (Å²) in [5.74, 6) is 0.248. The van der Waals surface area contributed by atoms with Crippen LogP contribution in [0, 0.1) is 5.92 Å². The summed E-state index contributed by atoms with van der Waals surface area (Å²) < 4.78 is 5.43. The number of nitrogens with zero attached hydrogens (tertiary/aromatic N) is 2. The van der Waals surface area contributed by atoms with E-state index in [9.17, 15) is 9.59 Å². The lowest BCUT2D eigenvalue weighted by Crippen LogP contribution is -2.60. The second-order valence-corrected chi connectivity index (χ2v) is 7.59. The molecule has 24 heavy (non-hydrogen) atoms. The zero-order valence-corrected chi connectivity index (χ0v) is 16.0. The highest BCUT2D eigenvalue weighted by atomic mass is 16.6. The minimum absolute atomic E-state index is 0.0621. The molecular formula is C18H35N3O3. The summed E-state index contributed by atoms with van der Waals surface area (Å²) in [7, 11) is 0. The Balaban J connectivity index is 2.70. The van der Waals surface area contributed by atoms with Crippen LogP contribution in [0.4, 0.5) is 4.79 Å². The van der Waals surface area contributed by atoms with Gasteiger partial charge in [-0.2, -0.15) is 0 Å². The number of unbranched alkanes of at least 4 members (excludes halogenated alkanes) is 1. The summed E-state index contributed by atoms with van der Waals surface area (Å²) in [5.41, 5.74) is 5.37. The number of nitrogens with two attached hydrogens (primary N) is 1. The Morgan fingerprint density at radius 2 is 1.92 bits per heavy atom. The van der Waals surface area contributed by atoms with Gasteiger partial charge in [-0.3, -0.25) is 4.79 Å². The second-order valence-electron chi connectivity index (χ2n) is 7.59. The van der Waals surface area contributed by atoms with Crippen molar-refractivity contribution in [3.05, 3.63) is 0 Å². The van der Waals surface area contributed by atoms with E-state index in [2.05, 4.69) is 13.8 Å². The molecule has 0 aromatic heterocycles. The highest BCUT2D eigenvalue weighted by molar-refractivity contribution is 5.79. The van der Waals surface area contributed by atoms with Crippen molar-refractivity contribution in [2.45, 2.75) is 71.9 Å². The summed E-state index contributed by atoms with van der Waals surface area (Å²) in [6, 6.07) is -0.130. The summed E-state index contributed by atoms with van der Waals surface area (Å²) in [6.45, 7) is 11.6. The van der Waals surface area contributed by atoms with Crippen molar-refractivity contribution >= 4 is 12.0 Å². The smallest absolute Gasteiger partial charge is 0.410 e. The summed E-state index contributed by atoms with van der Waals surface area (Å²) >= 11 is 0. The molecule has 140 valence electrons. The van der Waals surface area contributed by atoms with E-state index in [1.54, 1.807) is 4.90 Å². The fourth-order valence-corrected chi connectivity index (χ4v) is 3.03. The van der Waals surface area contributed by atoms with Gasteiger partial charge in [-0.1, -0.05) is 26.7 Å². The third-order valence-electron chi connectivity index (χ3n) is 4.44. The van der Waals surface area contributed by atoms with E-state index in [-0.39, 0.29) is 24.0 Å². The van der Waals surface area contributed by atoms with E-state index in [4.69, 9.17) is 10.5 Å². The monoisotopic (exact) mass is 341 g/mol. The number of amides is 2. The number of hydrogen-bond donors (Lipinski definition) is 1. The van der Waals surface area contributed by atoms with E-state index in [1.807, 2.05) is 25.7 Å². The van der Waals surface area contributed by atoms with Crippen molar-refractivity contribution in [1.29, 1.82) is 0 Å². The number of ether oxygens (including phenoxy) is 1. The number of carbonyl (C=O) groups excluding carboxylic acids is 2. The van der Waals surface area contributed by atoms with Crippen molar-refractivity contribution in [2.24, 2.45) is 11.7 Å². The van der Waals surface area contributed by atoms with E-state index in [0.29, 0.717) is 26.2 Å². The Bertz CT molecular complexity index is 420. The molecule has 0 radical (unpaired) electrons. The van der Waals surface area contributed by atoms with Gasteiger partial charge < -0.3 is 20.3 Å². The van der Waals surface area contributed by atoms with Crippen molar-refractivity contribution in [2.75, 3.05) is 26.2 Å². The first-order valence-electron chi connectivity index (χ1n) is 9.21. The molecule has 0 saturated carbocycles. The van der Waals surface area contributed by atoms with E-state index >= 15 is 0 Å². The van der Waals surface area contributed by atoms with Gasteiger partial charge in [0, 0.05) is 32.1 Å². The van der Waals surface area contributed by atoms with Crippen LogP contribution in [0.1, 0.15) is 60.3 Å². The molecule has 1 heterocycles. The van der Waals surface area contributed by atoms with Gasteiger partial charge in [-0.15, -0.1) is 0 Å². The minimum atomic E-state index is -0.518. The summed E-state index contributed by atoms with van der Waals surface area (Å²) in [5, 5.41) is 0. The zero-order chi connectivity index (χ0) is 18.3. The maximum Gasteiger partial charge on any atom is 0.410 e. The Hall–Kier alpha value is -1.30. The molecule has 1 rings (SSSR count). The molecule has 6 heteroatoms. The highest BCUT2D eigenvalue weighted by Crippen LogP contribution is 2.21. The molecule has 0 aromatic carbocycles. The lowest BCUT2D eigenvalue weighted by Gasteiger charge is -2.42. The van der Waals surface area contributed by atoms with Crippen LogP contribution in [0.15, 0.2) is 0 Å². The number of rotatable bonds is 6.